The van der Waals surface area contributed by atoms with Crippen LogP contribution in [0.25, 0.3) is 11.1 Å². The summed E-state index contributed by atoms with van der Waals surface area (Å²) >= 11 is 5.94. The topological polar surface area (TPSA) is 43.8 Å². The Morgan fingerprint density at radius 3 is 2.89 bits per heavy atom. The zero-order valence-corrected chi connectivity index (χ0v) is 11.2. The first kappa shape index (κ1) is 12.5. The standard InChI is InChI=1S/C14H15ClFN3/c15-12-4-11(13(16)5-14(12)17)10-6-18-19(8-10)7-9-2-1-3-9/h4-6,8-9H,1-3,7,17H2. The van der Waals surface area contributed by atoms with Gasteiger partial charge in [-0.3, -0.25) is 4.68 Å². The lowest BCUT2D eigenvalue weighted by atomic mass is 9.85. The smallest absolute Gasteiger partial charge is 0.133 e. The van der Waals surface area contributed by atoms with Crippen LogP contribution < -0.4 is 5.73 Å². The summed E-state index contributed by atoms with van der Waals surface area (Å²) in [4.78, 5) is 0. The minimum atomic E-state index is -0.370. The Morgan fingerprint density at radius 1 is 1.42 bits per heavy atom. The fraction of sp³-hybridized carbons (Fsp3) is 0.357. The molecule has 2 N–H and O–H groups in total. The number of nitrogens with zero attached hydrogens (tertiary/aromatic N) is 2. The zero-order valence-electron chi connectivity index (χ0n) is 10.4. The fourth-order valence-corrected chi connectivity index (χ4v) is 2.49. The van der Waals surface area contributed by atoms with Gasteiger partial charge in [-0.1, -0.05) is 18.0 Å². The molecule has 0 saturated heterocycles. The van der Waals surface area contributed by atoms with Crippen LogP contribution in [0.5, 0.6) is 0 Å². The highest BCUT2D eigenvalue weighted by Gasteiger charge is 2.18. The zero-order chi connectivity index (χ0) is 13.4. The van der Waals surface area contributed by atoms with Gasteiger partial charge in [-0.25, -0.2) is 4.39 Å². The number of anilines is 1. The lowest BCUT2D eigenvalue weighted by Crippen LogP contribution is -2.18. The highest BCUT2D eigenvalue weighted by atomic mass is 35.5. The predicted octanol–water partition coefficient (Wildman–Crippen LogP) is 3.72. The Morgan fingerprint density at radius 2 is 2.21 bits per heavy atom. The third-order valence-electron chi connectivity index (χ3n) is 3.70. The molecule has 19 heavy (non-hydrogen) atoms. The maximum atomic E-state index is 13.9. The molecule has 1 aromatic carbocycles. The molecule has 1 heterocycles. The molecule has 0 amide bonds. The number of benzene rings is 1. The summed E-state index contributed by atoms with van der Waals surface area (Å²) in [5, 5.41) is 4.65. The van der Waals surface area contributed by atoms with Crippen LogP contribution in [0.1, 0.15) is 19.3 Å². The summed E-state index contributed by atoms with van der Waals surface area (Å²) in [7, 11) is 0. The molecule has 1 aromatic heterocycles. The lowest BCUT2D eigenvalue weighted by molar-refractivity contribution is 0.266. The van der Waals surface area contributed by atoms with Crippen LogP contribution in [0.3, 0.4) is 0 Å². The van der Waals surface area contributed by atoms with E-state index in [1.807, 2.05) is 10.9 Å². The first-order valence-corrected chi connectivity index (χ1v) is 6.78. The number of nitrogens with two attached hydrogens (primary N) is 1. The number of aromatic nitrogens is 2. The van der Waals surface area contributed by atoms with Gasteiger partial charge in [-0.05, 0) is 30.9 Å². The second kappa shape index (κ2) is 4.85. The third kappa shape index (κ3) is 2.45. The van der Waals surface area contributed by atoms with E-state index in [9.17, 15) is 4.39 Å². The molecule has 1 saturated carbocycles. The summed E-state index contributed by atoms with van der Waals surface area (Å²) < 4.78 is 15.8. The summed E-state index contributed by atoms with van der Waals surface area (Å²) in [6.45, 7) is 0.907. The van der Waals surface area contributed by atoms with E-state index in [-0.39, 0.29) is 11.5 Å². The van der Waals surface area contributed by atoms with Crippen LogP contribution in [0.4, 0.5) is 10.1 Å². The van der Waals surface area contributed by atoms with Gasteiger partial charge in [0.25, 0.3) is 0 Å². The van der Waals surface area contributed by atoms with Crippen molar-refractivity contribution in [2.45, 2.75) is 25.8 Å². The molecule has 5 heteroatoms. The van der Waals surface area contributed by atoms with Crippen molar-refractivity contribution in [3.63, 3.8) is 0 Å². The van der Waals surface area contributed by atoms with Crippen molar-refractivity contribution in [1.82, 2.24) is 9.78 Å². The predicted molar refractivity (Wildman–Crippen MR) is 74.4 cm³/mol. The largest absolute Gasteiger partial charge is 0.397 e. The van der Waals surface area contributed by atoms with E-state index in [1.165, 1.54) is 25.3 Å². The van der Waals surface area contributed by atoms with Crippen LogP contribution in [-0.2, 0) is 6.54 Å². The van der Waals surface area contributed by atoms with E-state index < -0.39 is 0 Å². The molecular weight excluding hydrogens is 265 g/mol. The van der Waals surface area contributed by atoms with Gasteiger partial charge < -0.3 is 5.73 Å². The van der Waals surface area contributed by atoms with Crippen LogP contribution in [-0.4, -0.2) is 9.78 Å². The number of rotatable bonds is 3. The maximum Gasteiger partial charge on any atom is 0.133 e. The van der Waals surface area contributed by atoms with E-state index in [1.54, 1.807) is 12.3 Å². The Bertz CT molecular complexity index is 605. The van der Waals surface area contributed by atoms with Gasteiger partial charge in [-0.2, -0.15) is 5.10 Å². The Hall–Kier alpha value is -1.55. The summed E-state index contributed by atoms with van der Waals surface area (Å²) in [6, 6.07) is 2.80. The van der Waals surface area contributed by atoms with E-state index >= 15 is 0 Å². The molecule has 0 atom stereocenters. The Labute approximate surface area is 116 Å². The molecule has 0 unspecified atom stereocenters. The van der Waals surface area contributed by atoms with Crippen molar-refractivity contribution in [2.24, 2.45) is 5.92 Å². The lowest BCUT2D eigenvalue weighted by Gasteiger charge is -2.24. The van der Waals surface area contributed by atoms with Crippen molar-refractivity contribution < 1.29 is 4.39 Å². The Balaban J connectivity index is 1.87. The summed E-state index contributed by atoms with van der Waals surface area (Å²) in [5.41, 5.74) is 7.00. The highest BCUT2D eigenvalue weighted by molar-refractivity contribution is 6.33. The first-order valence-electron chi connectivity index (χ1n) is 6.41. The van der Waals surface area contributed by atoms with Gasteiger partial charge in [0, 0.05) is 23.9 Å². The monoisotopic (exact) mass is 279 g/mol. The van der Waals surface area contributed by atoms with Gasteiger partial charge >= 0.3 is 0 Å². The quantitative estimate of drug-likeness (QED) is 0.870. The van der Waals surface area contributed by atoms with E-state index in [0.717, 1.165) is 12.1 Å². The van der Waals surface area contributed by atoms with Gasteiger partial charge in [0.2, 0.25) is 0 Å². The van der Waals surface area contributed by atoms with Gasteiger partial charge in [0.05, 0.1) is 16.9 Å². The third-order valence-corrected chi connectivity index (χ3v) is 4.03. The van der Waals surface area contributed by atoms with Crippen LogP contribution in [0.2, 0.25) is 5.02 Å². The number of hydrogen-bond donors (Lipinski definition) is 1. The van der Waals surface area contributed by atoms with Gasteiger partial charge in [0.1, 0.15) is 5.82 Å². The molecule has 1 aliphatic rings. The molecule has 0 aliphatic heterocycles. The Kier molecular flexibility index (Phi) is 3.19. The van der Waals surface area contributed by atoms with Crippen molar-refractivity contribution in [2.75, 3.05) is 5.73 Å². The number of halogens is 2. The molecule has 3 nitrogen and oxygen atoms in total. The number of nitrogen functional groups attached to an aromatic ring is 1. The normalized spacial score (nSPS) is 15.5. The van der Waals surface area contributed by atoms with Crippen molar-refractivity contribution >= 4 is 17.3 Å². The highest BCUT2D eigenvalue weighted by Crippen LogP contribution is 2.31. The SMILES string of the molecule is Nc1cc(F)c(-c2cnn(CC3CCC3)c2)cc1Cl. The summed E-state index contributed by atoms with van der Waals surface area (Å²) in [6.07, 6.45) is 7.36. The molecule has 0 radical (unpaired) electrons. The van der Waals surface area contributed by atoms with Gasteiger partial charge in [-0.15, -0.1) is 0 Å². The molecule has 3 rings (SSSR count). The minimum absolute atomic E-state index is 0.254. The molecule has 100 valence electrons. The molecule has 0 bridgehead atoms. The van der Waals surface area contributed by atoms with Crippen LogP contribution in [0, 0.1) is 11.7 Å². The second-order valence-corrected chi connectivity index (χ2v) is 5.51. The first-order chi connectivity index (χ1) is 9.13. The van der Waals surface area contributed by atoms with Crippen molar-refractivity contribution in [1.29, 1.82) is 0 Å². The van der Waals surface area contributed by atoms with Gasteiger partial charge in [0.15, 0.2) is 0 Å². The van der Waals surface area contributed by atoms with Crippen molar-refractivity contribution in [3.8, 4) is 11.1 Å². The van der Waals surface area contributed by atoms with Crippen LogP contribution in [0.15, 0.2) is 24.5 Å². The average molecular weight is 280 g/mol. The van der Waals surface area contributed by atoms with E-state index in [4.69, 9.17) is 17.3 Å². The molecule has 1 aliphatic carbocycles. The van der Waals surface area contributed by atoms with E-state index in [0.29, 0.717) is 16.5 Å². The van der Waals surface area contributed by atoms with E-state index in [2.05, 4.69) is 5.10 Å². The molecule has 0 spiro atoms. The fourth-order valence-electron chi connectivity index (χ4n) is 2.33. The average Bonchev–Trinajstić information content (AvgIpc) is 2.77. The second-order valence-electron chi connectivity index (χ2n) is 5.10. The maximum absolute atomic E-state index is 13.9. The van der Waals surface area contributed by atoms with Crippen molar-refractivity contribution in [3.05, 3.63) is 35.4 Å². The molecule has 1 fully saturated rings. The van der Waals surface area contributed by atoms with Crippen LogP contribution >= 0.6 is 11.6 Å². The summed E-state index contributed by atoms with van der Waals surface area (Å²) in [5.74, 6) is 0.345. The molecule has 2 aromatic rings. The molecular formula is C14H15ClFN3. The number of hydrogen-bond acceptors (Lipinski definition) is 2. The minimum Gasteiger partial charge on any atom is -0.397 e.